The molecule has 1 aliphatic rings. The van der Waals surface area contributed by atoms with Crippen molar-refractivity contribution in [3.63, 3.8) is 0 Å². The molecule has 21 heavy (non-hydrogen) atoms. The van der Waals surface area contributed by atoms with Gasteiger partial charge in [-0.2, -0.15) is 0 Å². The average molecular weight is 290 g/mol. The van der Waals surface area contributed by atoms with Crippen molar-refractivity contribution in [1.82, 2.24) is 5.32 Å². The summed E-state index contributed by atoms with van der Waals surface area (Å²) in [5, 5.41) is 3.48. The molecule has 2 rings (SSSR count). The fourth-order valence-corrected chi connectivity index (χ4v) is 2.79. The Hall–Kier alpha value is -1.06. The van der Waals surface area contributed by atoms with Crippen molar-refractivity contribution in [3.8, 4) is 0 Å². The van der Waals surface area contributed by atoms with Crippen LogP contribution in [0.2, 0.25) is 0 Å². The summed E-state index contributed by atoms with van der Waals surface area (Å²) in [6, 6.07) is 7.29. The first kappa shape index (κ1) is 16.3. The minimum atomic E-state index is 0.395. The van der Waals surface area contributed by atoms with Gasteiger partial charge in [-0.05, 0) is 49.4 Å². The Kier molecular flexibility index (Phi) is 6.07. The third-order valence-corrected chi connectivity index (χ3v) is 4.22. The quantitative estimate of drug-likeness (QED) is 0.868. The van der Waals surface area contributed by atoms with Gasteiger partial charge >= 0.3 is 0 Å². The molecule has 0 spiro atoms. The van der Waals surface area contributed by atoms with Gasteiger partial charge in [-0.3, -0.25) is 0 Å². The SMILES string of the molecule is Cc1cc(N(C)CC2CCCCO2)ccc1CNC(C)C. The van der Waals surface area contributed by atoms with Crippen LogP contribution in [0.15, 0.2) is 18.2 Å². The van der Waals surface area contributed by atoms with E-state index in [1.54, 1.807) is 0 Å². The normalized spacial score (nSPS) is 19.0. The van der Waals surface area contributed by atoms with E-state index in [2.05, 4.69) is 56.2 Å². The molecular formula is C18H30N2O. The summed E-state index contributed by atoms with van der Waals surface area (Å²) >= 11 is 0. The van der Waals surface area contributed by atoms with E-state index in [0.29, 0.717) is 12.1 Å². The Morgan fingerprint density at radius 3 is 2.76 bits per heavy atom. The molecule has 1 atom stereocenters. The smallest absolute Gasteiger partial charge is 0.0749 e. The first-order chi connectivity index (χ1) is 10.1. The Balaban J connectivity index is 1.94. The number of hydrogen-bond acceptors (Lipinski definition) is 3. The Labute approximate surface area is 129 Å². The van der Waals surface area contributed by atoms with Crippen LogP contribution >= 0.6 is 0 Å². The lowest BCUT2D eigenvalue weighted by molar-refractivity contribution is 0.0216. The summed E-state index contributed by atoms with van der Waals surface area (Å²) in [6.07, 6.45) is 4.11. The van der Waals surface area contributed by atoms with E-state index < -0.39 is 0 Å². The number of benzene rings is 1. The molecule has 0 aromatic heterocycles. The molecule has 0 saturated carbocycles. The van der Waals surface area contributed by atoms with Gasteiger partial charge in [-0.15, -0.1) is 0 Å². The van der Waals surface area contributed by atoms with Crippen LogP contribution in [-0.4, -0.2) is 32.3 Å². The van der Waals surface area contributed by atoms with Crippen LogP contribution in [0.5, 0.6) is 0 Å². The highest BCUT2D eigenvalue weighted by Crippen LogP contribution is 2.21. The predicted molar refractivity (Wildman–Crippen MR) is 90.0 cm³/mol. The first-order valence-corrected chi connectivity index (χ1v) is 8.22. The molecule has 3 nitrogen and oxygen atoms in total. The molecule has 1 heterocycles. The predicted octanol–water partition coefficient (Wildman–Crippen LogP) is 3.50. The lowest BCUT2D eigenvalue weighted by atomic mass is 10.1. The summed E-state index contributed by atoms with van der Waals surface area (Å²) in [6.45, 7) is 9.43. The van der Waals surface area contributed by atoms with E-state index in [0.717, 1.165) is 19.7 Å². The summed E-state index contributed by atoms with van der Waals surface area (Å²) in [7, 11) is 2.17. The topological polar surface area (TPSA) is 24.5 Å². The zero-order valence-corrected chi connectivity index (χ0v) is 14.0. The number of nitrogens with one attached hydrogen (secondary N) is 1. The molecule has 1 N–H and O–H groups in total. The Morgan fingerprint density at radius 2 is 2.14 bits per heavy atom. The van der Waals surface area contributed by atoms with Crippen LogP contribution in [0.1, 0.15) is 44.2 Å². The first-order valence-electron chi connectivity index (χ1n) is 8.22. The van der Waals surface area contributed by atoms with Gasteiger partial charge in [-0.25, -0.2) is 0 Å². The molecule has 1 unspecified atom stereocenters. The van der Waals surface area contributed by atoms with Crippen LogP contribution in [0.25, 0.3) is 0 Å². The van der Waals surface area contributed by atoms with Crippen molar-refractivity contribution in [2.24, 2.45) is 0 Å². The minimum absolute atomic E-state index is 0.395. The average Bonchev–Trinajstić information content (AvgIpc) is 2.46. The van der Waals surface area contributed by atoms with Gasteiger partial charge in [0.1, 0.15) is 0 Å². The number of anilines is 1. The molecule has 1 aliphatic heterocycles. The van der Waals surface area contributed by atoms with Crippen LogP contribution in [-0.2, 0) is 11.3 Å². The van der Waals surface area contributed by atoms with E-state index in [1.807, 2.05) is 0 Å². The summed E-state index contributed by atoms with van der Waals surface area (Å²) in [4.78, 5) is 2.32. The zero-order chi connectivity index (χ0) is 15.2. The van der Waals surface area contributed by atoms with Gasteiger partial charge in [0.25, 0.3) is 0 Å². The second kappa shape index (κ2) is 7.81. The van der Waals surface area contributed by atoms with Crippen molar-refractivity contribution in [1.29, 1.82) is 0 Å². The zero-order valence-electron chi connectivity index (χ0n) is 14.0. The standard InChI is InChI=1S/C18H30N2O/c1-14(2)19-12-16-8-9-17(11-15(16)3)20(4)13-18-7-5-6-10-21-18/h8-9,11,14,18-19H,5-7,10,12-13H2,1-4H3. The van der Waals surface area contributed by atoms with Crippen LogP contribution in [0, 0.1) is 6.92 Å². The third-order valence-electron chi connectivity index (χ3n) is 4.22. The number of likely N-dealkylation sites (N-methyl/N-ethyl adjacent to an activating group) is 1. The number of ether oxygens (including phenoxy) is 1. The lowest BCUT2D eigenvalue weighted by Gasteiger charge is -2.29. The van der Waals surface area contributed by atoms with Crippen LogP contribution < -0.4 is 10.2 Å². The van der Waals surface area contributed by atoms with Gasteiger partial charge < -0.3 is 15.0 Å². The monoisotopic (exact) mass is 290 g/mol. The molecule has 1 saturated heterocycles. The molecule has 0 amide bonds. The highest BCUT2D eigenvalue weighted by atomic mass is 16.5. The third kappa shape index (κ3) is 5.01. The van der Waals surface area contributed by atoms with E-state index in [4.69, 9.17) is 4.74 Å². The summed E-state index contributed by atoms with van der Waals surface area (Å²) < 4.78 is 5.84. The maximum Gasteiger partial charge on any atom is 0.0749 e. The number of nitrogens with zero attached hydrogens (tertiary/aromatic N) is 1. The molecular weight excluding hydrogens is 260 g/mol. The number of rotatable bonds is 6. The van der Waals surface area contributed by atoms with Crippen molar-refractivity contribution in [2.75, 3.05) is 25.1 Å². The highest BCUT2D eigenvalue weighted by Gasteiger charge is 2.16. The molecule has 1 aromatic carbocycles. The van der Waals surface area contributed by atoms with Gasteiger partial charge in [0.05, 0.1) is 6.10 Å². The molecule has 1 aromatic rings. The Bertz CT molecular complexity index is 439. The van der Waals surface area contributed by atoms with Gasteiger partial charge in [0.2, 0.25) is 0 Å². The number of aryl methyl sites for hydroxylation is 1. The Morgan fingerprint density at radius 1 is 1.33 bits per heavy atom. The lowest BCUT2D eigenvalue weighted by Crippen LogP contribution is -2.33. The minimum Gasteiger partial charge on any atom is -0.376 e. The second-order valence-electron chi connectivity index (χ2n) is 6.52. The van der Waals surface area contributed by atoms with Crippen molar-refractivity contribution < 1.29 is 4.74 Å². The van der Waals surface area contributed by atoms with Gasteiger partial charge in [-0.1, -0.05) is 19.9 Å². The summed E-state index contributed by atoms with van der Waals surface area (Å²) in [5.41, 5.74) is 4.03. The largest absolute Gasteiger partial charge is 0.376 e. The van der Waals surface area contributed by atoms with Crippen molar-refractivity contribution in [2.45, 2.75) is 58.7 Å². The van der Waals surface area contributed by atoms with E-state index >= 15 is 0 Å². The van der Waals surface area contributed by atoms with Gasteiger partial charge in [0.15, 0.2) is 0 Å². The maximum atomic E-state index is 5.84. The van der Waals surface area contributed by atoms with E-state index in [9.17, 15) is 0 Å². The van der Waals surface area contributed by atoms with Crippen LogP contribution in [0.4, 0.5) is 5.69 Å². The molecule has 3 heteroatoms. The van der Waals surface area contributed by atoms with Crippen LogP contribution in [0.3, 0.4) is 0 Å². The van der Waals surface area contributed by atoms with Crippen molar-refractivity contribution in [3.05, 3.63) is 29.3 Å². The number of hydrogen-bond donors (Lipinski definition) is 1. The maximum absolute atomic E-state index is 5.84. The molecule has 0 aliphatic carbocycles. The molecule has 0 radical (unpaired) electrons. The van der Waals surface area contributed by atoms with Gasteiger partial charge in [0, 0.05) is 38.5 Å². The fourth-order valence-electron chi connectivity index (χ4n) is 2.79. The molecule has 0 bridgehead atoms. The summed E-state index contributed by atoms with van der Waals surface area (Å²) in [5.74, 6) is 0. The van der Waals surface area contributed by atoms with E-state index in [-0.39, 0.29) is 0 Å². The highest BCUT2D eigenvalue weighted by molar-refractivity contribution is 5.50. The molecule has 1 fully saturated rings. The van der Waals surface area contributed by atoms with E-state index in [1.165, 1.54) is 36.1 Å². The van der Waals surface area contributed by atoms with Crippen molar-refractivity contribution >= 4 is 5.69 Å². The fraction of sp³-hybridized carbons (Fsp3) is 0.667. The second-order valence-corrected chi connectivity index (χ2v) is 6.52. The molecule has 118 valence electrons.